The van der Waals surface area contributed by atoms with E-state index in [1.807, 2.05) is 0 Å². The Labute approximate surface area is 119 Å². The summed E-state index contributed by atoms with van der Waals surface area (Å²) in [5, 5.41) is 15.6. The van der Waals surface area contributed by atoms with E-state index in [1.165, 1.54) is 7.11 Å². The van der Waals surface area contributed by atoms with Crippen molar-refractivity contribution in [3.05, 3.63) is 57.0 Å². The van der Waals surface area contributed by atoms with Crippen molar-refractivity contribution in [2.75, 3.05) is 12.4 Å². The van der Waals surface area contributed by atoms with Gasteiger partial charge >= 0.3 is 11.0 Å². The van der Waals surface area contributed by atoms with Crippen LogP contribution in [0.3, 0.4) is 0 Å². The molecule has 1 aromatic heterocycles. The number of rotatable bonds is 5. The molecule has 2 rings (SSSR count). The first-order valence-corrected chi connectivity index (χ1v) is 6.62. The monoisotopic (exact) mass is 292 g/mol. The van der Waals surface area contributed by atoms with Crippen molar-refractivity contribution in [1.82, 2.24) is 0 Å². The van der Waals surface area contributed by atoms with Gasteiger partial charge in [0.2, 0.25) is 0 Å². The Morgan fingerprint density at radius 1 is 1.40 bits per heavy atom. The first kappa shape index (κ1) is 14.0. The molecule has 0 spiro atoms. The highest BCUT2D eigenvalue weighted by molar-refractivity contribution is 7.13. The van der Waals surface area contributed by atoms with E-state index in [9.17, 15) is 14.9 Å². The highest BCUT2D eigenvalue weighted by atomic mass is 32.1. The first-order chi connectivity index (χ1) is 9.60. The van der Waals surface area contributed by atoms with Crippen molar-refractivity contribution in [3.8, 4) is 0 Å². The quantitative estimate of drug-likeness (QED) is 0.520. The van der Waals surface area contributed by atoms with Crippen LogP contribution in [0.4, 0.5) is 10.7 Å². The highest BCUT2D eigenvalue weighted by Crippen LogP contribution is 2.23. The van der Waals surface area contributed by atoms with Gasteiger partial charge in [-0.1, -0.05) is 11.3 Å². The van der Waals surface area contributed by atoms with Crippen molar-refractivity contribution in [2.24, 2.45) is 0 Å². The second-order valence-electron chi connectivity index (χ2n) is 3.97. The molecule has 0 amide bonds. The number of methoxy groups -OCH3 is 1. The second-order valence-corrected chi connectivity index (χ2v) is 4.86. The predicted molar refractivity (Wildman–Crippen MR) is 76.1 cm³/mol. The average Bonchev–Trinajstić information content (AvgIpc) is 2.94. The van der Waals surface area contributed by atoms with Crippen LogP contribution in [0.5, 0.6) is 0 Å². The smallest absolute Gasteiger partial charge is 0.337 e. The lowest BCUT2D eigenvalue weighted by molar-refractivity contribution is -0.380. The van der Waals surface area contributed by atoms with Gasteiger partial charge in [0.15, 0.2) is 0 Å². The molecule has 104 valence electrons. The van der Waals surface area contributed by atoms with Gasteiger partial charge in [0.25, 0.3) is 0 Å². The van der Waals surface area contributed by atoms with Gasteiger partial charge in [-0.3, -0.25) is 10.1 Å². The van der Waals surface area contributed by atoms with Crippen molar-refractivity contribution < 1.29 is 14.5 Å². The van der Waals surface area contributed by atoms with E-state index in [0.717, 1.165) is 22.6 Å². The van der Waals surface area contributed by atoms with Crippen molar-refractivity contribution in [1.29, 1.82) is 0 Å². The van der Waals surface area contributed by atoms with Gasteiger partial charge < -0.3 is 10.1 Å². The lowest BCUT2D eigenvalue weighted by atomic mass is 10.2. The van der Waals surface area contributed by atoms with Gasteiger partial charge in [-0.05, 0) is 29.8 Å². The van der Waals surface area contributed by atoms with Crippen LogP contribution in [0, 0.1) is 10.1 Å². The molecule has 0 bridgehead atoms. The summed E-state index contributed by atoms with van der Waals surface area (Å²) in [6, 6.07) is 8.37. The van der Waals surface area contributed by atoms with Crippen LogP contribution in [0.25, 0.3) is 0 Å². The number of anilines is 1. The molecular formula is C13H12N2O4S. The Morgan fingerprint density at radius 3 is 2.65 bits per heavy atom. The molecule has 7 heteroatoms. The summed E-state index contributed by atoms with van der Waals surface area (Å²) in [7, 11) is 1.33. The summed E-state index contributed by atoms with van der Waals surface area (Å²) in [5.74, 6) is -0.384. The molecule has 1 aromatic carbocycles. The molecule has 0 saturated carbocycles. The van der Waals surface area contributed by atoms with E-state index >= 15 is 0 Å². The van der Waals surface area contributed by atoms with Crippen LogP contribution in [0.1, 0.15) is 15.9 Å². The molecule has 20 heavy (non-hydrogen) atoms. The van der Waals surface area contributed by atoms with E-state index < -0.39 is 4.92 Å². The van der Waals surface area contributed by atoms with Crippen LogP contribution >= 0.6 is 11.3 Å². The summed E-state index contributed by atoms with van der Waals surface area (Å²) in [4.78, 5) is 21.4. The molecule has 1 heterocycles. The molecule has 0 radical (unpaired) electrons. The number of esters is 1. The fourth-order valence-corrected chi connectivity index (χ4v) is 2.33. The summed E-state index contributed by atoms with van der Waals surface area (Å²) >= 11 is 1.10. The van der Waals surface area contributed by atoms with Crippen LogP contribution in [0.2, 0.25) is 0 Å². The van der Waals surface area contributed by atoms with Gasteiger partial charge in [0.1, 0.15) is 0 Å². The standard InChI is InChI=1S/C13H12N2O4S/c1-19-13(16)10-2-4-11(5-3-10)14-7-9-6-12(15(17)18)20-8-9/h2-6,8,14H,7H2,1H3. The number of nitrogens with one attached hydrogen (secondary N) is 1. The number of benzene rings is 1. The topological polar surface area (TPSA) is 81.5 Å². The van der Waals surface area contributed by atoms with E-state index in [4.69, 9.17) is 0 Å². The Bertz CT molecular complexity index is 622. The number of ether oxygens (including phenoxy) is 1. The van der Waals surface area contributed by atoms with Crippen LogP contribution in [-0.4, -0.2) is 18.0 Å². The minimum absolute atomic E-state index is 0.128. The van der Waals surface area contributed by atoms with Crippen LogP contribution in [0.15, 0.2) is 35.7 Å². The third-order valence-corrected chi connectivity index (χ3v) is 3.55. The molecule has 0 aliphatic heterocycles. The lowest BCUT2D eigenvalue weighted by Gasteiger charge is -2.05. The zero-order valence-electron chi connectivity index (χ0n) is 10.7. The number of carbonyl (C=O) groups excluding carboxylic acids is 1. The Morgan fingerprint density at radius 2 is 2.10 bits per heavy atom. The zero-order chi connectivity index (χ0) is 14.5. The van der Waals surface area contributed by atoms with E-state index in [2.05, 4.69) is 10.1 Å². The molecule has 0 saturated heterocycles. The Balaban J connectivity index is 1.96. The largest absolute Gasteiger partial charge is 0.465 e. The SMILES string of the molecule is COC(=O)c1ccc(NCc2csc([N+](=O)[O-])c2)cc1. The number of thiophene rings is 1. The fourth-order valence-electron chi connectivity index (χ4n) is 1.60. The number of carbonyl (C=O) groups is 1. The van der Waals surface area contributed by atoms with Gasteiger partial charge in [0.05, 0.1) is 17.6 Å². The van der Waals surface area contributed by atoms with Gasteiger partial charge in [0, 0.05) is 23.7 Å². The molecule has 0 unspecified atom stereocenters. The van der Waals surface area contributed by atoms with Crippen LogP contribution < -0.4 is 5.32 Å². The third kappa shape index (κ3) is 3.33. The van der Waals surface area contributed by atoms with Crippen molar-refractivity contribution in [3.63, 3.8) is 0 Å². The number of hydrogen-bond acceptors (Lipinski definition) is 6. The molecule has 1 N–H and O–H groups in total. The molecular weight excluding hydrogens is 280 g/mol. The average molecular weight is 292 g/mol. The highest BCUT2D eigenvalue weighted by Gasteiger charge is 2.09. The fraction of sp³-hybridized carbons (Fsp3) is 0.154. The molecule has 0 aliphatic carbocycles. The normalized spacial score (nSPS) is 10.1. The number of nitro groups is 1. The van der Waals surface area contributed by atoms with E-state index in [0.29, 0.717) is 12.1 Å². The maximum atomic E-state index is 11.3. The van der Waals surface area contributed by atoms with Crippen molar-refractivity contribution in [2.45, 2.75) is 6.54 Å². The molecule has 0 aliphatic rings. The van der Waals surface area contributed by atoms with Crippen molar-refractivity contribution >= 4 is 28.0 Å². The van der Waals surface area contributed by atoms with Gasteiger partial charge in [-0.25, -0.2) is 4.79 Å². The second kappa shape index (κ2) is 6.16. The van der Waals surface area contributed by atoms with Gasteiger partial charge in [-0.15, -0.1) is 0 Å². The summed E-state index contributed by atoms with van der Waals surface area (Å²) in [5.41, 5.74) is 2.15. The Hall–Kier alpha value is -2.41. The van der Waals surface area contributed by atoms with E-state index in [-0.39, 0.29) is 11.0 Å². The van der Waals surface area contributed by atoms with Gasteiger partial charge in [-0.2, -0.15) is 0 Å². The zero-order valence-corrected chi connectivity index (χ0v) is 11.5. The molecule has 6 nitrogen and oxygen atoms in total. The number of nitrogens with zero attached hydrogens (tertiary/aromatic N) is 1. The third-order valence-electron chi connectivity index (χ3n) is 2.62. The Kier molecular flexibility index (Phi) is 4.31. The maximum absolute atomic E-state index is 11.3. The predicted octanol–water partition coefficient (Wildman–Crippen LogP) is 3.06. The number of hydrogen-bond donors (Lipinski definition) is 1. The molecule has 0 fully saturated rings. The summed E-state index contributed by atoms with van der Waals surface area (Å²) in [6.45, 7) is 0.488. The lowest BCUT2D eigenvalue weighted by Crippen LogP contribution is -2.02. The summed E-state index contributed by atoms with van der Waals surface area (Å²) < 4.78 is 4.61. The van der Waals surface area contributed by atoms with E-state index in [1.54, 1.807) is 35.7 Å². The first-order valence-electron chi connectivity index (χ1n) is 5.74. The maximum Gasteiger partial charge on any atom is 0.337 e. The van der Waals surface area contributed by atoms with Crippen LogP contribution in [-0.2, 0) is 11.3 Å². The minimum Gasteiger partial charge on any atom is -0.465 e. The molecule has 0 atom stereocenters. The minimum atomic E-state index is -0.403. The summed E-state index contributed by atoms with van der Waals surface area (Å²) in [6.07, 6.45) is 0. The molecule has 2 aromatic rings.